The van der Waals surface area contributed by atoms with Crippen LogP contribution in [0.3, 0.4) is 0 Å². The Kier molecular flexibility index (Phi) is 15.6. The number of allylic oxidation sites excluding steroid dienone is 4. The van der Waals surface area contributed by atoms with Gasteiger partial charge in [-0.1, -0.05) is 78.9 Å². The second kappa shape index (κ2) is 27.0. The summed E-state index contributed by atoms with van der Waals surface area (Å²) in [5.41, 5.74) is 30.9. The van der Waals surface area contributed by atoms with Crippen molar-refractivity contribution >= 4 is 198 Å². The molecular weight excluding hydrogens is 1440 g/mol. The van der Waals surface area contributed by atoms with Gasteiger partial charge in [-0.3, -0.25) is 0 Å². The molecule has 0 aromatic heterocycles. The SMILES string of the molecule is C1=CCC(c2c3ccccc3c(N3c4cc5c(cc4B4c6ccccc6N(c6cccc(-c7c8ccccc8c(-c8ccccc8)c8ccccc78)c6)c6cc(N(c7ccccc7)c7ccccc7)cc3c64)B3c4ccccc4N(c4ccccc4)c4cc(N(c6ccccc6)c6ccccc6)cc(c43)[Se]5)c3ccccc23)C=C1. The maximum absolute atomic E-state index is 2.77. The average Bonchev–Trinajstić information content (AvgIpc) is 0.681. The molecule has 5 nitrogen and oxygen atoms in total. The van der Waals surface area contributed by atoms with Gasteiger partial charge in [-0.15, -0.1) is 0 Å². The third-order valence-corrected chi connectivity index (χ3v) is 26.6. The Labute approximate surface area is 670 Å². The molecule has 0 saturated carbocycles. The summed E-state index contributed by atoms with van der Waals surface area (Å²) < 4.78 is 2.75. The Morgan fingerprint density at radius 1 is 0.272 bits per heavy atom. The number of anilines is 15. The summed E-state index contributed by atoms with van der Waals surface area (Å²) in [7, 11) is 0. The molecule has 114 heavy (non-hydrogen) atoms. The number of hydrogen-bond acceptors (Lipinski definition) is 5. The van der Waals surface area contributed by atoms with E-state index in [1.54, 1.807) is 0 Å². The molecule has 1 unspecified atom stereocenters. The normalized spacial score (nSPS) is 14.0. The topological polar surface area (TPSA) is 16.2 Å². The van der Waals surface area contributed by atoms with Crippen molar-refractivity contribution in [2.24, 2.45) is 0 Å². The molecule has 0 amide bonds. The van der Waals surface area contributed by atoms with Crippen molar-refractivity contribution in [3.05, 3.63) is 418 Å². The summed E-state index contributed by atoms with van der Waals surface area (Å²) in [5, 5.41) is 9.85. The number of nitrogens with zero attached hydrogens (tertiary/aromatic N) is 5. The van der Waals surface area contributed by atoms with Gasteiger partial charge in [-0.2, -0.15) is 0 Å². The minimum absolute atomic E-state index is 0.106. The van der Waals surface area contributed by atoms with Gasteiger partial charge in [0.05, 0.1) is 0 Å². The van der Waals surface area contributed by atoms with Gasteiger partial charge in [-0.05, 0) is 32.7 Å². The number of para-hydroxylation sites is 7. The Morgan fingerprint density at radius 2 is 0.684 bits per heavy atom. The van der Waals surface area contributed by atoms with Crippen molar-refractivity contribution in [3.8, 4) is 22.3 Å². The summed E-state index contributed by atoms with van der Waals surface area (Å²) in [5.74, 6) is 0.178. The molecule has 0 fully saturated rings. The van der Waals surface area contributed by atoms with E-state index in [-0.39, 0.29) is 34.3 Å². The number of hydrogen-bond donors (Lipinski definition) is 0. The van der Waals surface area contributed by atoms with E-state index in [2.05, 4.69) is 437 Å². The predicted octanol–water partition coefficient (Wildman–Crippen LogP) is 22.5. The molecule has 4 aliphatic heterocycles. The molecule has 1 aliphatic carbocycles. The summed E-state index contributed by atoms with van der Waals surface area (Å²) in [4.78, 5) is 12.9. The quantitative estimate of drug-likeness (QED) is 0.0892. The van der Waals surface area contributed by atoms with Crippen LogP contribution >= 0.6 is 0 Å². The second-order valence-corrected chi connectivity index (χ2v) is 32.7. The van der Waals surface area contributed by atoms with E-state index >= 15 is 0 Å². The Hall–Kier alpha value is -13.9. The van der Waals surface area contributed by atoms with Crippen LogP contribution in [-0.2, 0) is 0 Å². The van der Waals surface area contributed by atoms with Gasteiger partial charge < -0.3 is 0 Å². The Balaban J connectivity index is 0.833. The van der Waals surface area contributed by atoms with Crippen LogP contribution in [0.4, 0.5) is 85.3 Å². The first-order valence-electron chi connectivity index (χ1n) is 39.6. The third kappa shape index (κ3) is 10.4. The Morgan fingerprint density at radius 3 is 1.21 bits per heavy atom. The van der Waals surface area contributed by atoms with Crippen LogP contribution < -0.4 is 66.2 Å². The van der Waals surface area contributed by atoms with E-state index in [1.807, 2.05) is 0 Å². The number of fused-ring (bicyclic) bond motifs is 12. The third-order valence-electron chi connectivity index (χ3n) is 24.2. The number of benzene rings is 18. The molecule has 23 rings (SSSR count). The van der Waals surface area contributed by atoms with Gasteiger partial charge in [0.15, 0.2) is 0 Å². The molecule has 0 spiro atoms. The van der Waals surface area contributed by atoms with E-state index in [1.165, 1.54) is 130 Å². The first kappa shape index (κ1) is 66.0. The van der Waals surface area contributed by atoms with Gasteiger partial charge in [0.1, 0.15) is 0 Å². The van der Waals surface area contributed by atoms with Crippen molar-refractivity contribution in [3.63, 3.8) is 0 Å². The van der Waals surface area contributed by atoms with Crippen molar-refractivity contribution in [1.82, 2.24) is 0 Å². The zero-order valence-corrected chi connectivity index (χ0v) is 64.1. The van der Waals surface area contributed by atoms with E-state index in [0.717, 1.165) is 74.5 Å². The molecule has 0 radical (unpaired) electrons. The molecule has 0 N–H and O–H groups in total. The molecule has 532 valence electrons. The molecule has 1 atom stereocenters. The average molecular weight is 1520 g/mol. The van der Waals surface area contributed by atoms with Gasteiger partial charge in [0, 0.05) is 0 Å². The molecule has 4 heterocycles. The standard InChI is InChI=1S/C106H71B2N5Se/c1-8-35-70(36-9-1)101-81-51-22-24-53-83(81)103(84-54-25-23-52-82(84)101)72-39-34-50-78(63-72)112-94-62-33-30-59-89(94)107-91-68-92-99(114-100-67-80(110(75-44-16-5-17-45-75)76-46-18-6-19-47-76)66-98-105(100)108(92)90-60-31-32-61-93(90)111(98)77-48-20-7-21-49-77)69-95(91)113(97-65-79(64-96(112)104(97)107)109(73-40-12-3-13-41-73)74-42-14-4-15-43-74)106-87-57-28-26-55-85(87)102(71-37-10-2-11-38-71)86-56-27-29-58-88(86)106/h1-37,39-69,71H,38H2. The maximum atomic E-state index is 2.77. The van der Waals surface area contributed by atoms with E-state index < -0.39 is 0 Å². The molecule has 18 aromatic carbocycles. The summed E-state index contributed by atoms with van der Waals surface area (Å²) in [6, 6.07) is 147. The molecular formula is C106H71B2N5Se. The minimum atomic E-state index is -0.229. The van der Waals surface area contributed by atoms with Crippen LogP contribution in [0.5, 0.6) is 0 Å². The fourth-order valence-electron chi connectivity index (χ4n) is 19.7. The van der Waals surface area contributed by atoms with Crippen molar-refractivity contribution in [1.29, 1.82) is 0 Å². The first-order valence-corrected chi connectivity index (χ1v) is 41.4. The molecule has 0 bridgehead atoms. The first-order chi connectivity index (χ1) is 56.6. The summed E-state index contributed by atoms with van der Waals surface area (Å²) >= 11 is -0.218. The summed E-state index contributed by atoms with van der Waals surface area (Å²) in [6.07, 6.45) is 10.1. The van der Waals surface area contributed by atoms with Crippen LogP contribution in [0, 0.1) is 0 Å². The van der Waals surface area contributed by atoms with Crippen LogP contribution in [0.2, 0.25) is 0 Å². The van der Waals surface area contributed by atoms with Crippen molar-refractivity contribution < 1.29 is 0 Å². The summed E-state index contributed by atoms with van der Waals surface area (Å²) in [6.45, 7) is -0.334. The van der Waals surface area contributed by atoms with Crippen LogP contribution in [0.15, 0.2) is 413 Å². The second-order valence-electron chi connectivity index (χ2n) is 30.4. The van der Waals surface area contributed by atoms with E-state index in [9.17, 15) is 0 Å². The number of rotatable bonds is 12. The van der Waals surface area contributed by atoms with Crippen LogP contribution in [0.25, 0.3) is 65.3 Å². The van der Waals surface area contributed by atoms with Crippen molar-refractivity contribution in [2.75, 3.05) is 24.5 Å². The fraction of sp³-hybridized carbons (Fsp3) is 0.0189. The molecule has 18 aromatic rings. The Bertz CT molecular complexity index is 6790. The monoisotopic (exact) mass is 1520 g/mol. The van der Waals surface area contributed by atoms with E-state index in [4.69, 9.17) is 0 Å². The molecule has 5 aliphatic rings. The van der Waals surface area contributed by atoms with Gasteiger partial charge >= 0.3 is 564 Å². The zero-order valence-electron chi connectivity index (χ0n) is 62.3. The molecule has 0 saturated heterocycles. The predicted molar refractivity (Wildman–Crippen MR) is 487 cm³/mol. The fourth-order valence-corrected chi connectivity index (χ4v) is 22.2. The zero-order chi connectivity index (χ0) is 74.9. The van der Waals surface area contributed by atoms with Gasteiger partial charge in [0.2, 0.25) is 0 Å². The van der Waals surface area contributed by atoms with Gasteiger partial charge in [-0.25, -0.2) is 0 Å². The van der Waals surface area contributed by atoms with Crippen LogP contribution in [0.1, 0.15) is 17.9 Å². The van der Waals surface area contributed by atoms with Crippen LogP contribution in [-0.4, -0.2) is 28.4 Å². The van der Waals surface area contributed by atoms with Gasteiger partial charge in [0.25, 0.3) is 0 Å². The van der Waals surface area contributed by atoms with Crippen molar-refractivity contribution in [2.45, 2.75) is 12.3 Å². The molecule has 8 heteroatoms. The van der Waals surface area contributed by atoms with E-state index in [0.29, 0.717) is 0 Å².